The van der Waals surface area contributed by atoms with Gasteiger partial charge in [-0.15, -0.1) is 0 Å². The molecule has 0 amide bonds. The Morgan fingerprint density at radius 3 is 2.95 bits per heavy atom. The SMILES string of the molecule is Cc1nc2cc(C(=O)O)ccc2n1C1CCOC1C. The maximum absolute atomic E-state index is 11.0. The van der Waals surface area contributed by atoms with Crippen LogP contribution in [0.2, 0.25) is 0 Å². The number of ether oxygens (including phenoxy) is 1. The van der Waals surface area contributed by atoms with Gasteiger partial charge in [0.1, 0.15) is 5.82 Å². The second-order valence-electron chi connectivity index (χ2n) is 4.97. The molecule has 1 aromatic carbocycles. The maximum Gasteiger partial charge on any atom is 0.335 e. The molecule has 1 N–H and O–H groups in total. The van der Waals surface area contributed by atoms with E-state index < -0.39 is 5.97 Å². The van der Waals surface area contributed by atoms with Crippen molar-refractivity contribution in [1.29, 1.82) is 0 Å². The van der Waals surface area contributed by atoms with Gasteiger partial charge in [-0.1, -0.05) is 0 Å². The van der Waals surface area contributed by atoms with Crippen LogP contribution in [0.15, 0.2) is 18.2 Å². The lowest BCUT2D eigenvalue weighted by atomic mass is 10.1. The Kier molecular flexibility index (Phi) is 2.78. The fraction of sp³-hybridized carbons (Fsp3) is 0.429. The summed E-state index contributed by atoms with van der Waals surface area (Å²) in [6, 6.07) is 5.37. The predicted molar refractivity (Wildman–Crippen MR) is 70.5 cm³/mol. The summed E-state index contributed by atoms with van der Waals surface area (Å²) >= 11 is 0. The number of carbonyl (C=O) groups is 1. The third kappa shape index (κ3) is 1.90. The van der Waals surface area contributed by atoms with Gasteiger partial charge in [-0.3, -0.25) is 0 Å². The van der Waals surface area contributed by atoms with Crippen LogP contribution in [0.3, 0.4) is 0 Å². The number of carboxylic acid groups (broad SMARTS) is 1. The van der Waals surface area contributed by atoms with Crippen LogP contribution in [0.4, 0.5) is 0 Å². The number of aryl methyl sites for hydroxylation is 1. The number of imidazole rings is 1. The van der Waals surface area contributed by atoms with E-state index in [1.54, 1.807) is 12.1 Å². The number of aromatic carboxylic acids is 1. The van der Waals surface area contributed by atoms with Crippen LogP contribution in [0.1, 0.15) is 35.6 Å². The fourth-order valence-corrected chi connectivity index (χ4v) is 2.83. The molecule has 1 saturated heterocycles. The van der Waals surface area contributed by atoms with Gasteiger partial charge in [0.15, 0.2) is 0 Å². The number of rotatable bonds is 2. The van der Waals surface area contributed by atoms with Crippen LogP contribution < -0.4 is 0 Å². The number of hydrogen-bond donors (Lipinski definition) is 1. The molecule has 1 aromatic heterocycles. The molecule has 1 aliphatic rings. The Morgan fingerprint density at radius 2 is 2.32 bits per heavy atom. The van der Waals surface area contributed by atoms with Crippen molar-refractivity contribution >= 4 is 17.0 Å². The van der Waals surface area contributed by atoms with E-state index in [0.717, 1.165) is 29.9 Å². The summed E-state index contributed by atoms with van der Waals surface area (Å²) in [5.41, 5.74) is 1.98. The largest absolute Gasteiger partial charge is 0.478 e. The predicted octanol–water partition coefficient (Wildman–Crippen LogP) is 2.39. The first-order chi connectivity index (χ1) is 9.08. The van der Waals surface area contributed by atoms with Gasteiger partial charge in [-0.05, 0) is 38.5 Å². The van der Waals surface area contributed by atoms with Crippen LogP contribution in [0.25, 0.3) is 11.0 Å². The quantitative estimate of drug-likeness (QED) is 0.900. The summed E-state index contributed by atoms with van der Waals surface area (Å²) in [6.07, 6.45) is 1.13. The minimum absolute atomic E-state index is 0.162. The zero-order chi connectivity index (χ0) is 13.6. The molecular weight excluding hydrogens is 244 g/mol. The van der Waals surface area contributed by atoms with E-state index in [4.69, 9.17) is 9.84 Å². The van der Waals surface area contributed by atoms with E-state index in [9.17, 15) is 4.79 Å². The van der Waals surface area contributed by atoms with Crippen LogP contribution >= 0.6 is 0 Å². The molecule has 0 radical (unpaired) electrons. The van der Waals surface area contributed by atoms with Crippen molar-refractivity contribution in [2.24, 2.45) is 0 Å². The minimum atomic E-state index is -0.924. The molecule has 1 fully saturated rings. The highest BCUT2D eigenvalue weighted by atomic mass is 16.5. The average molecular weight is 260 g/mol. The Hall–Kier alpha value is -1.88. The summed E-state index contributed by atoms with van der Waals surface area (Å²) in [4.78, 5) is 15.5. The summed E-state index contributed by atoms with van der Waals surface area (Å²) in [7, 11) is 0. The minimum Gasteiger partial charge on any atom is -0.478 e. The highest BCUT2D eigenvalue weighted by molar-refractivity contribution is 5.92. The number of hydrogen-bond acceptors (Lipinski definition) is 3. The van der Waals surface area contributed by atoms with Crippen LogP contribution in [-0.2, 0) is 4.74 Å². The number of fused-ring (bicyclic) bond motifs is 1. The van der Waals surface area contributed by atoms with Gasteiger partial charge in [-0.2, -0.15) is 0 Å². The molecule has 0 spiro atoms. The van der Waals surface area contributed by atoms with Crippen LogP contribution in [0, 0.1) is 6.92 Å². The van der Waals surface area contributed by atoms with E-state index in [2.05, 4.69) is 16.5 Å². The molecule has 19 heavy (non-hydrogen) atoms. The molecule has 0 aliphatic carbocycles. The summed E-state index contributed by atoms with van der Waals surface area (Å²) in [6.45, 7) is 4.78. The topological polar surface area (TPSA) is 64.3 Å². The number of nitrogens with zero attached hydrogens (tertiary/aromatic N) is 2. The third-order valence-electron chi connectivity index (χ3n) is 3.78. The summed E-state index contributed by atoms with van der Waals surface area (Å²) < 4.78 is 7.78. The maximum atomic E-state index is 11.0. The monoisotopic (exact) mass is 260 g/mol. The Balaban J connectivity index is 2.15. The normalized spacial score (nSPS) is 23.1. The van der Waals surface area contributed by atoms with Gasteiger partial charge in [0.2, 0.25) is 0 Å². The first kappa shape index (κ1) is 12.2. The number of aromatic nitrogens is 2. The molecule has 2 atom stereocenters. The van der Waals surface area contributed by atoms with Gasteiger partial charge in [-0.25, -0.2) is 9.78 Å². The third-order valence-corrected chi connectivity index (χ3v) is 3.78. The molecule has 0 bridgehead atoms. The van der Waals surface area contributed by atoms with Crippen molar-refractivity contribution in [1.82, 2.24) is 9.55 Å². The van der Waals surface area contributed by atoms with Crippen molar-refractivity contribution < 1.29 is 14.6 Å². The molecular formula is C14H16N2O3. The molecule has 2 heterocycles. The first-order valence-corrected chi connectivity index (χ1v) is 6.41. The van der Waals surface area contributed by atoms with Gasteiger partial charge < -0.3 is 14.4 Å². The highest BCUT2D eigenvalue weighted by Crippen LogP contribution is 2.31. The standard InChI is InChI=1S/C14H16N2O3/c1-8-12(5-6-19-8)16-9(2)15-11-7-10(14(17)18)3-4-13(11)16/h3-4,7-8,12H,5-6H2,1-2H3,(H,17,18). The second kappa shape index (κ2) is 4.35. The second-order valence-corrected chi connectivity index (χ2v) is 4.97. The lowest BCUT2D eigenvalue weighted by molar-refractivity contribution is 0.0697. The molecule has 2 unspecified atom stereocenters. The molecule has 3 rings (SSSR count). The number of benzene rings is 1. The van der Waals surface area contributed by atoms with Gasteiger partial charge in [0.05, 0.1) is 28.7 Å². The highest BCUT2D eigenvalue weighted by Gasteiger charge is 2.28. The van der Waals surface area contributed by atoms with E-state index in [1.807, 2.05) is 13.0 Å². The van der Waals surface area contributed by atoms with Crippen LogP contribution in [-0.4, -0.2) is 33.3 Å². The average Bonchev–Trinajstić information content (AvgIpc) is 2.90. The molecule has 100 valence electrons. The van der Waals surface area contributed by atoms with Gasteiger partial charge >= 0.3 is 5.97 Å². The fourth-order valence-electron chi connectivity index (χ4n) is 2.83. The van der Waals surface area contributed by atoms with Crippen molar-refractivity contribution in [3.05, 3.63) is 29.6 Å². The van der Waals surface area contributed by atoms with Crippen molar-refractivity contribution in [2.45, 2.75) is 32.4 Å². The molecule has 2 aromatic rings. The smallest absolute Gasteiger partial charge is 0.335 e. The van der Waals surface area contributed by atoms with Crippen molar-refractivity contribution in [2.75, 3.05) is 6.61 Å². The molecule has 5 nitrogen and oxygen atoms in total. The Morgan fingerprint density at radius 1 is 1.53 bits per heavy atom. The van der Waals surface area contributed by atoms with E-state index in [0.29, 0.717) is 0 Å². The lowest BCUT2D eigenvalue weighted by Gasteiger charge is -2.18. The molecule has 5 heteroatoms. The van der Waals surface area contributed by atoms with Crippen LogP contribution in [0.5, 0.6) is 0 Å². The van der Waals surface area contributed by atoms with Gasteiger partial charge in [0, 0.05) is 6.61 Å². The van der Waals surface area contributed by atoms with Gasteiger partial charge in [0.25, 0.3) is 0 Å². The van der Waals surface area contributed by atoms with Crippen molar-refractivity contribution in [3.63, 3.8) is 0 Å². The number of carboxylic acids is 1. The van der Waals surface area contributed by atoms with E-state index in [-0.39, 0.29) is 17.7 Å². The Bertz CT molecular complexity index is 647. The molecule has 0 saturated carbocycles. The Labute approximate surface area is 110 Å². The summed E-state index contributed by atoms with van der Waals surface area (Å²) in [5, 5.41) is 9.02. The first-order valence-electron chi connectivity index (χ1n) is 6.41. The van der Waals surface area contributed by atoms with E-state index in [1.165, 1.54) is 0 Å². The lowest BCUT2D eigenvalue weighted by Crippen LogP contribution is -2.17. The zero-order valence-electron chi connectivity index (χ0n) is 11.0. The van der Waals surface area contributed by atoms with Crippen molar-refractivity contribution in [3.8, 4) is 0 Å². The van der Waals surface area contributed by atoms with E-state index >= 15 is 0 Å². The molecule has 1 aliphatic heterocycles. The summed E-state index contributed by atoms with van der Waals surface area (Å²) in [5.74, 6) is -0.0217. The zero-order valence-corrected chi connectivity index (χ0v) is 11.0.